The summed E-state index contributed by atoms with van der Waals surface area (Å²) in [6, 6.07) is 5.56. The smallest absolute Gasteiger partial charge is 0.230 e. The predicted molar refractivity (Wildman–Crippen MR) is 83.2 cm³/mol. The molecule has 0 bridgehead atoms. The first-order valence-corrected chi connectivity index (χ1v) is 7.34. The largest absolute Gasteiger partial charge is 0.497 e. The number of hydrogen-bond donors (Lipinski definition) is 2. The van der Waals surface area contributed by atoms with E-state index in [4.69, 9.17) is 14.2 Å². The van der Waals surface area contributed by atoms with E-state index in [1.807, 2.05) is 18.2 Å². The zero-order valence-corrected chi connectivity index (χ0v) is 13.4. The van der Waals surface area contributed by atoms with Gasteiger partial charge in [0, 0.05) is 31.8 Å². The molecule has 0 aliphatic carbocycles. The lowest BCUT2D eigenvalue weighted by atomic mass is 9.87. The summed E-state index contributed by atoms with van der Waals surface area (Å²) in [4.78, 5) is 12.6. The Balaban J connectivity index is 2.04. The Morgan fingerprint density at radius 3 is 2.73 bits per heavy atom. The van der Waals surface area contributed by atoms with Crippen molar-refractivity contribution in [3.8, 4) is 11.5 Å². The van der Waals surface area contributed by atoms with Crippen LogP contribution in [0.4, 0.5) is 0 Å². The van der Waals surface area contributed by atoms with Crippen LogP contribution in [-0.4, -0.2) is 46.9 Å². The van der Waals surface area contributed by atoms with Crippen LogP contribution in [0.25, 0.3) is 0 Å². The molecule has 6 heteroatoms. The average Bonchev–Trinajstić information content (AvgIpc) is 3.02. The van der Waals surface area contributed by atoms with E-state index in [0.29, 0.717) is 25.4 Å². The monoisotopic (exact) mass is 308 g/mol. The second-order valence-electron chi connectivity index (χ2n) is 5.50. The topological polar surface area (TPSA) is 68.8 Å². The van der Waals surface area contributed by atoms with Gasteiger partial charge in [-0.2, -0.15) is 0 Å². The second kappa shape index (κ2) is 7.47. The van der Waals surface area contributed by atoms with E-state index in [-0.39, 0.29) is 5.91 Å². The lowest BCUT2D eigenvalue weighted by molar-refractivity contribution is -0.133. The minimum atomic E-state index is -0.478. The number of rotatable bonds is 7. The fourth-order valence-electron chi connectivity index (χ4n) is 2.76. The molecule has 0 radical (unpaired) electrons. The Morgan fingerprint density at radius 1 is 1.32 bits per heavy atom. The van der Waals surface area contributed by atoms with Gasteiger partial charge in [-0.25, -0.2) is 0 Å². The number of nitrogens with one attached hydrogen (secondary N) is 2. The third-order valence-electron chi connectivity index (χ3n) is 4.08. The molecule has 1 saturated heterocycles. The molecule has 0 spiro atoms. The Kier molecular flexibility index (Phi) is 5.63. The quantitative estimate of drug-likeness (QED) is 0.785. The molecule has 6 nitrogen and oxygen atoms in total. The molecule has 2 N–H and O–H groups in total. The molecule has 1 aliphatic heterocycles. The summed E-state index contributed by atoms with van der Waals surface area (Å²) in [5, 5.41) is 6.23. The summed E-state index contributed by atoms with van der Waals surface area (Å²) in [5.74, 6) is 1.44. The van der Waals surface area contributed by atoms with Crippen LogP contribution in [0.5, 0.6) is 11.5 Å². The molecule has 1 atom stereocenters. The Morgan fingerprint density at radius 2 is 2.14 bits per heavy atom. The van der Waals surface area contributed by atoms with Crippen LogP contribution in [0.3, 0.4) is 0 Å². The molecule has 2 rings (SSSR count). The number of ether oxygens (including phenoxy) is 3. The lowest BCUT2D eigenvalue weighted by Crippen LogP contribution is -2.45. The molecular formula is C16H24N2O4. The summed E-state index contributed by atoms with van der Waals surface area (Å²) in [6.45, 7) is 2.32. The van der Waals surface area contributed by atoms with Crippen molar-refractivity contribution < 1.29 is 19.0 Å². The molecule has 1 amide bonds. The van der Waals surface area contributed by atoms with Crippen LogP contribution >= 0.6 is 0 Å². The average molecular weight is 308 g/mol. The van der Waals surface area contributed by atoms with Crippen molar-refractivity contribution in [2.24, 2.45) is 5.41 Å². The van der Waals surface area contributed by atoms with Crippen LogP contribution in [0.2, 0.25) is 0 Å². The number of amides is 1. The van der Waals surface area contributed by atoms with Crippen molar-refractivity contribution >= 4 is 5.91 Å². The summed E-state index contributed by atoms with van der Waals surface area (Å²) in [7, 11) is 4.84. The Hall–Kier alpha value is -1.79. The van der Waals surface area contributed by atoms with E-state index in [1.54, 1.807) is 21.3 Å². The third kappa shape index (κ3) is 3.51. The molecular weight excluding hydrogens is 284 g/mol. The van der Waals surface area contributed by atoms with Gasteiger partial charge < -0.3 is 24.8 Å². The van der Waals surface area contributed by atoms with Gasteiger partial charge in [-0.3, -0.25) is 4.79 Å². The first kappa shape index (κ1) is 16.6. The molecule has 1 aliphatic rings. The van der Waals surface area contributed by atoms with Crippen molar-refractivity contribution in [1.82, 2.24) is 10.6 Å². The maximum absolute atomic E-state index is 12.6. The number of carbonyl (C=O) groups excluding carboxylic acids is 1. The van der Waals surface area contributed by atoms with Crippen LogP contribution in [0.1, 0.15) is 12.0 Å². The summed E-state index contributed by atoms with van der Waals surface area (Å²) < 4.78 is 15.8. The minimum Gasteiger partial charge on any atom is -0.497 e. The van der Waals surface area contributed by atoms with Crippen molar-refractivity contribution in [2.45, 2.75) is 13.0 Å². The molecule has 1 aromatic rings. The van der Waals surface area contributed by atoms with Crippen LogP contribution in [-0.2, 0) is 16.1 Å². The van der Waals surface area contributed by atoms with E-state index in [2.05, 4.69) is 10.6 Å². The van der Waals surface area contributed by atoms with E-state index in [9.17, 15) is 4.79 Å². The van der Waals surface area contributed by atoms with Crippen molar-refractivity contribution in [3.05, 3.63) is 23.8 Å². The molecule has 1 heterocycles. The first-order chi connectivity index (χ1) is 10.6. The summed E-state index contributed by atoms with van der Waals surface area (Å²) >= 11 is 0. The fourth-order valence-corrected chi connectivity index (χ4v) is 2.76. The van der Waals surface area contributed by atoms with Crippen molar-refractivity contribution in [1.29, 1.82) is 0 Å². The van der Waals surface area contributed by atoms with Gasteiger partial charge in [0.05, 0.1) is 26.2 Å². The molecule has 0 saturated carbocycles. The molecule has 1 fully saturated rings. The van der Waals surface area contributed by atoms with E-state index < -0.39 is 5.41 Å². The van der Waals surface area contributed by atoms with Gasteiger partial charge in [-0.05, 0) is 25.1 Å². The van der Waals surface area contributed by atoms with E-state index >= 15 is 0 Å². The predicted octanol–water partition coefficient (Wildman–Crippen LogP) is 0.946. The van der Waals surface area contributed by atoms with Crippen LogP contribution in [0.15, 0.2) is 18.2 Å². The minimum absolute atomic E-state index is 0.0113. The van der Waals surface area contributed by atoms with Gasteiger partial charge in [0.25, 0.3) is 0 Å². The molecule has 0 aromatic heterocycles. The van der Waals surface area contributed by atoms with Gasteiger partial charge in [0.15, 0.2) is 0 Å². The van der Waals surface area contributed by atoms with Gasteiger partial charge in [0.1, 0.15) is 11.5 Å². The van der Waals surface area contributed by atoms with Gasteiger partial charge in [-0.15, -0.1) is 0 Å². The van der Waals surface area contributed by atoms with E-state index in [1.165, 1.54) is 0 Å². The molecule has 122 valence electrons. The van der Waals surface area contributed by atoms with E-state index in [0.717, 1.165) is 24.3 Å². The zero-order chi connectivity index (χ0) is 16.0. The molecule has 1 aromatic carbocycles. The maximum atomic E-state index is 12.6. The fraction of sp³-hybridized carbons (Fsp3) is 0.562. The van der Waals surface area contributed by atoms with Crippen molar-refractivity contribution in [2.75, 3.05) is 41.0 Å². The number of benzene rings is 1. The van der Waals surface area contributed by atoms with Crippen LogP contribution < -0.4 is 20.1 Å². The highest BCUT2D eigenvalue weighted by molar-refractivity contribution is 5.83. The first-order valence-electron chi connectivity index (χ1n) is 7.34. The Bertz CT molecular complexity index is 513. The second-order valence-corrected chi connectivity index (χ2v) is 5.50. The molecule has 22 heavy (non-hydrogen) atoms. The van der Waals surface area contributed by atoms with Gasteiger partial charge in [-0.1, -0.05) is 0 Å². The van der Waals surface area contributed by atoms with Crippen molar-refractivity contribution in [3.63, 3.8) is 0 Å². The highest BCUT2D eigenvalue weighted by Gasteiger charge is 2.41. The zero-order valence-electron chi connectivity index (χ0n) is 13.4. The standard InChI is InChI=1S/C16H24N2O4/c1-20-11-16(6-7-17-10-16)15(19)18-9-12-4-5-13(21-2)8-14(12)22-3/h4-5,8,17H,6-7,9-11H2,1-3H3,(H,18,19). The highest BCUT2D eigenvalue weighted by Crippen LogP contribution is 2.28. The SMILES string of the molecule is COCC1(C(=O)NCc2ccc(OC)cc2OC)CCNC1. The van der Waals surface area contributed by atoms with Crippen LogP contribution in [0, 0.1) is 5.41 Å². The normalized spacial score (nSPS) is 20.7. The highest BCUT2D eigenvalue weighted by atomic mass is 16.5. The maximum Gasteiger partial charge on any atom is 0.230 e. The lowest BCUT2D eigenvalue weighted by Gasteiger charge is -2.26. The summed E-state index contributed by atoms with van der Waals surface area (Å²) in [6.07, 6.45) is 0.784. The molecule has 1 unspecified atom stereocenters. The Labute approximate surface area is 131 Å². The van der Waals surface area contributed by atoms with Gasteiger partial charge >= 0.3 is 0 Å². The van der Waals surface area contributed by atoms with Gasteiger partial charge in [0.2, 0.25) is 5.91 Å². The summed E-state index contributed by atoms with van der Waals surface area (Å²) in [5.41, 5.74) is 0.434. The third-order valence-corrected chi connectivity index (χ3v) is 4.08. The number of methoxy groups -OCH3 is 3. The number of hydrogen-bond acceptors (Lipinski definition) is 5. The number of carbonyl (C=O) groups is 1.